The lowest BCUT2D eigenvalue weighted by atomic mass is 10.0. The number of aliphatic carboxylic acids is 1. The zero-order valence-electron chi connectivity index (χ0n) is 17.4. The van der Waals surface area contributed by atoms with Crippen LogP contribution in [0.15, 0.2) is 65.4 Å². The third kappa shape index (κ3) is 5.20. The Hall–Kier alpha value is -2.49. The quantitative estimate of drug-likeness (QED) is 0.434. The van der Waals surface area contributed by atoms with Crippen LogP contribution in [0.2, 0.25) is 0 Å². The summed E-state index contributed by atoms with van der Waals surface area (Å²) in [6.45, 7) is 0. The van der Waals surface area contributed by atoms with Crippen LogP contribution in [0.5, 0.6) is 0 Å². The summed E-state index contributed by atoms with van der Waals surface area (Å²) in [7, 11) is 0. The van der Waals surface area contributed by atoms with Crippen LogP contribution in [0, 0.1) is 0 Å². The van der Waals surface area contributed by atoms with Gasteiger partial charge in [-0.2, -0.15) is 0 Å². The topological polar surface area (TPSA) is 104 Å². The fourth-order valence-electron chi connectivity index (χ4n) is 3.78. The molecule has 1 aromatic carbocycles. The molecule has 2 amide bonds. The van der Waals surface area contributed by atoms with Crippen molar-refractivity contribution in [2.24, 2.45) is 0 Å². The molecule has 3 unspecified atom stereocenters. The molecule has 0 saturated carbocycles. The Morgan fingerprint density at radius 1 is 1.24 bits per heavy atom. The number of carbonyl (C=O) groups excluding carboxylic acids is 3. The molecule has 2 N–H and O–H groups in total. The van der Waals surface area contributed by atoms with E-state index >= 15 is 0 Å². The van der Waals surface area contributed by atoms with E-state index in [1.54, 1.807) is 30.3 Å². The van der Waals surface area contributed by atoms with Gasteiger partial charge in [0.15, 0.2) is 0 Å². The number of alkyl halides is 1. The molecule has 1 fully saturated rings. The Bertz CT molecular complexity index is 1090. The van der Waals surface area contributed by atoms with E-state index in [-0.39, 0.29) is 34.3 Å². The molecular formula is C23H21ClN2O5S2. The van der Waals surface area contributed by atoms with Crippen LogP contribution in [0.25, 0.3) is 0 Å². The zero-order valence-corrected chi connectivity index (χ0v) is 19.8. The van der Waals surface area contributed by atoms with Gasteiger partial charge in [-0.05, 0) is 17.6 Å². The zero-order chi connectivity index (χ0) is 23.5. The molecule has 0 aromatic heterocycles. The first-order valence-corrected chi connectivity index (χ1v) is 12.7. The van der Waals surface area contributed by atoms with Crippen molar-refractivity contribution in [2.45, 2.75) is 29.6 Å². The van der Waals surface area contributed by atoms with Gasteiger partial charge in [-0.25, -0.2) is 4.79 Å². The smallest absolute Gasteiger partial charge is 0.352 e. The van der Waals surface area contributed by atoms with Crippen LogP contribution >= 0.6 is 35.1 Å². The van der Waals surface area contributed by atoms with E-state index in [1.165, 1.54) is 16.7 Å². The molecule has 33 heavy (non-hydrogen) atoms. The highest BCUT2D eigenvalue weighted by Gasteiger charge is 2.54. The number of amides is 2. The van der Waals surface area contributed by atoms with Crippen molar-refractivity contribution in [3.63, 3.8) is 0 Å². The van der Waals surface area contributed by atoms with Gasteiger partial charge >= 0.3 is 5.97 Å². The summed E-state index contributed by atoms with van der Waals surface area (Å²) in [5, 5.41) is 11.8. The van der Waals surface area contributed by atoms with Crippen molar-refractivity contribution in [1.82, 2.24) is 10.2 Å². The predicted octanol–water partition coefficient (Wildman–Crippen LogP) is 3.18. The van der Waals surface area contributed by atoms with Crippen molar-refractivity contribution < 1.29 is 24.3 Å². The van der Waals surface area contributed by atoms with E-state index in [4.69, 9.17) is 11.6 Å². The SMILES string of the molecule is O=C(CC1=CCC(Cl)C=C1)NC1C(=O)N2C(C(=O)O)=C(CSC(=O)c3ccccc3)CSC12. The average Bonchev–Trinajstić information content (AvgIpc) is 2.82. The Morgan fingerprint density at radius 3 is 2.67 bits per heavy atom. The third-order valence-electron chi connectivity index (χ3n) is 5.44. The number of β-lactam (4-membered cyclic amide) rings is 1. The first kappa shape index (κ1) is 23.7. The number of carboxylic acids is 1. The molecule has 7 nitrogen and oxygen atoms in total. The van der Waals surface area contributed by atoms with Crippen LogP contribution < -0.4 is 5.32 Å². The Labute approximate surface area is 204 Å². The van der Waals surface area contributed by atoms with E-state index in [1.807, 2.05) is 18.2 Å². The van der Waals surface area contributed by atoms with Gasteiger partial charge in [-0.3, -0.25) is 19.3 Å². The highest BCUT2D eigenvalue weighted by Crippen LogP contribution is 2.41. The average molecular weight is 505 g/mol. The van der Waals surface area contributed by atoms with E-state index in [0.717, 1.165) is 17.3 Å². The maximum atomic E-state index is 12.8. The van der Waals surface area contributed by atoms with Crippen LogP contribution in [-0.2, 0) is 14.4 Å². The minimum atomic E-state index is -1.21. The van der Waals surface area contributed by atoms with Gasteiger partial charge in [0, 0.05) is 17.1 Å². The lowest BCUT2D eigenvalue weighted by Crippen LogP contribution is -2.70. The van der Waals surface area contributed by atoms with Gasteiger partial charge in [0.25, 0.3) is 5.91 Å². The minimum absolute atomic E-state index is 0.0752. The molecule has 10 heteroatoms. The van der Waals surface area contributed by atoms with Crippen LogP contribution in [0.1, 0.15) is 23.2 Å². The summed E-state index contributed by atoms with van der Waals surface area (Å²) in [6.07, 6.45) is 6.30. The molecule has 2 heterocycles. The molecule has 172 valence electrons. The fourth-order valence-corrected chi connectivity index (χ4v) is 6.27. The van der Waals surface area contributed by atoms with Crippen LogP contribution in [0.4, 0.5) is 0 Å². The number of benzene rings is 1. The van der Waals surface area contributed by atoms with Gasteiger partial charge in [0.2, 0.25) is 11.0 Å². The lowest BCUT2D eigenvalue weighted by molar-refractivity contribution is -0.150. The second-order valence-corrected chi connectivity index (χ2v) is 10.3. The number of hydrogen-bond acceptors (Lipinski definition) is 6. The molecule has 2 aliphatic heterocycles. The molecular weight excluding hydrogens is 484 g/mol. The number of thioether (sulfide) groups is 2. The highest BCUT2D eigenvalue weighted by molar-refractivity contribution is 8.14. The number of carbonyl (C=O) groups is 4. The summed E-state index contributed by atoms with van der Waals surface area (Å²) < 4.78 is 0. The molecule has 1 aliphatic carbocycles. The van der Waals surface area contributed by atoms with Gasteiger partial charge in [0.1, 0.15) is 17.1 Å². The minimum Gasteiger partial charge on any atom is -0.477 e. The standard InChI is InChI=1S/C23H21ClN2O5S2/c24-16-8-6-13(7-9-16)10-17(27)25-18-20(28)26-19(22(29)30)15(11-32-21(18)26)12-33-23(31)14-4-2-1-3-5-14/h1-8,16,18,21H,9-12H2,(H,25,27)(H,29,30). The number of fused-ring (bicyclic) bond motifs is 1. The third-order valence-corrected chi connectivity index (χ3v) is 8.10. The van der Waals surface area contributed by atoms with Crippen molar-refractivity contribution in [2.75, 3.05) is 11.5 Å². The summed E-state index contributed by atoms with van der Waals surface area (Å²) in [4.78, 5) is 50.8. The number of nitrogens with one attached hydrogen (secondary N) is 1. The number of nitrogens with zero attached hydrogens (tertiary/aromatic N) is 1. The molecule has 1 saturated heterocycles. The number of halogens is 1. The normalized spacial score (nSPS) is 24.0. The summed E-state index contributed by atoms with van der Waals surface area (Å²) in [5.74, 6) is -1.42. The predicted molar refractivity (Wildman–Crippen MR) is 129 cm³/mol. The summed E-state index contributed by atoms with van der Waals surface area (Å²) in [5.41, 5.74) is 1.80. The Balaban J connectivity index is 1.39. The van der Waals surface area contributed by atoms with Crippen molar-refractivity contribution in [3.05, 3.63) is 71.0 Å². The second-order valence-electron chi connectivity index (χ2n) is 7.72. The summed E-state index contributed by atoms with van der Waals surface area (Å²) >= 11 is 8.40. The van der Waals surface area contributed by atoms with Gasteiger partial charge in [-0.15, -0.1) is 23.4 Å². The number of allylic oxidation sites excluding steroid dienone is 3. The maximum Gasteiger partial charge on any atom is 0.352 e. The molecule has 4 rings (SSSR count). The molecule has 3 atom stereocenters. The molecule has 3 aliphatic rings. The van der Waals surface area contributed by atoms with Gasteiger partial charge < -0.3 is 10.4 Å². The number of carboxylic acid groups (broad SMARTS) is 1. The highest BCUT2D eigenvalue weighted by atomic mass is 35.5. The first-order chi connectivity index (χ1) is 15.8. The van der Waals surface area contributed by atoms with Crippen molar-refractivity contribution >= 4 is 58.0 Å². The second kappa shape index (κ2) is 10.2. The summed E-state index contributed by atoms with van der Waals surface area (Å²) in [6, 6.07) is 7.97. The first-order valence-electron chi connectivity index (χ1n) is 10.3. The Kier molecular flexibility index (Phi) is 7.31. The molecule has 0 spiro atoms. The fraction of sp³-hybridized carbons (Fsp3) is 0.304. The van der Waals surface area contributed by atoms with Gasteiger partial charge in [-0.1, -0.05) is 60.3 Å². The van der Waals surface area contributed by atoms with E-state index in [0.29, 0.717) is 23.3 Å². The monoisotopic (exact) mass is 504 g/mol. The van der Waals surface area contributed by atoms with Crippen LogP contribution in [-0.4, -0.2) is 61.2 Å². The largest absolute Gasteiger partial charge is 0.477 e. The van der Waals surface area contributed by atoms with Crippen molar-refractivity contribution in [1.29, 1.82) is 0 Å². The molecule has 1 aromatic rings. The Morgan fingerprint density at radius 2 is 2.00 bits per heavy atom. The van der Waals surface area contributed by atoms with E-state index < -0.39 is 23.3 Å². The molecule has 0 radical (unpaired) electrons. The van der Waals surface area contributed by atoms with Gasteiger partial charge in [0.05, 0.1) is 11.8 Å². The van der Waals surface area contributed by atoms with Crippen molar-refractivity contribution in [3.8, 4) is 0 Å². The number of rotatable bonds is 7. The maximum absolute atomic E-state index is 12.8. The van der Waals surface area contributed by atoms with E-state index in [9.17, 15) is 24.3 Å². The number of hydrogen-bond donors (Lipinski definition) is 2. The molecule has 0 bridgehead atoms. The lowest BCUT2D eigenvalue weighted by Gasteiger charge is -2.49. The van der Waals surface area contributed by atoms with E-state index in [2.05, 4.69) is 5.32 Å². The van der Waals surface area contributed by atoms with Crippen LogP contribution in [0.3, 0.4) is 0 Å².